The average molecular weight is 208 g/mol. The van der Waals surface area contributed by atoms with Gasteiger partial charge in [0.25, 0.3) is 0 Å². The Hall–Kier alpha value is -0.730. The van der Waals surface area contributed by atoms with E-state index in [-0.39, 0.29) is 11.6 Å². The summed E-state index contributed by atoms with van der Waals surface area (Å²) in [6.45, 7) is 0. The Bertz CT molecular complexity index is 252. The molecule has 3 nitrogen and oxygen atoms in total. The lowest BCUT2D eigenvalue weighted by Crippen LogP contribution is -2.61. The summed E-state index contributed by atoms with van der Waals surface area (Å²) in [5.74, 6) is 2.69. The van der Waals surface area contributed by atoms with E-state index >= 15 is 0 Å². The number of carbonyl (C=O) groups is 1. The highest BCUT2D eigenvalue weighted by Gasteiger charge is 2.51. The zero-order valence-electron chi connectivity index (χ0n) is 9.38. The van der Waals surface area contributed by atoms with Crippen molar-refractivity contribution in [3.8, 4) is 0 Å². The Balaban J connectivity index is 1.78. The Morgan fingerprint density at radius 2 is 1.53 bits per heavy atom. The molecule has 0 spiro atoms. The van der Waals surface area contributed by atoms with Crippen LogP contribution in [-0.2, 0) is 0 Å². The van der Waals surface area contributed by atoms with Gasteiger partial charge in [-0.2, -0.15) is 0 Å². The summed E-state index contributed by atoms with van der Waals surface area (Å²) in [5.41, 5.74) is 0.162. The Kier molecular flexibility index (Phi) is 1.98. The average Bonchev–Trinajstić information content (AvgIpc) is 2.14. The molecule has 0 aliphatic heterocycles. The molecule has 2 amide bonds. The van der Waals surface area contributed by atoms with Crippen LogP contribution in [0.1, 0.15) is 38.5 Å². The third-order valence-corrected chi connectivity index (χ3v) is 4.64. The van der Waals surface area contributed by atoms with Crippen LogP contribution >= 0.6 is 0 Å². The fourth-order valence-electron chi connectivity index (χ4n) is 4.57. The van der Waals surface area contributed by atoms with Gasteiger partial charge in [0.1, 0.15) is 0 Å². The van der Waals surface area contributed by atoms with Crippen LogP contribution in [0.4, 0.5) is 4.79 Å². The molecule has 4 rings (SSSR count). The zero-order chi connectivity index (χ0) is 10.5. The van der Waals surface area contributed by atoms with Gasteiger partial charge in [0, 0.05) is 12.6 Å². The molecule has 4 aliphatic carbocycles. The molecule has 84 valence electrons. The largest absolute Gasteiger partial charge is 0.341 e. The maximum absolute atomic E-state index is 11.5. The van der Waals surface area contributed by atoms with E-state index in [9.17, 15) is 4.79 Å². The quantitative estimate of drug-likeness (QED) is 0.678. The number of carbonyl (C=O) groups excluding carboxylic acids is 1. The highest BCUT2D eigenvalue weighted by molar-refractivity contribution is 5.74. The third kappa shape index (κ3) is 1.52. The minimum absolute atomic E-state index is 0.0111. The standard InChI is InChI=1S/C12H20N2O/c1-13-11(15)14-12-5-8-2-9(6-12)4-10(3-8)7-12/h8-10H,2-7H2,1H3,(H2,13,14,15). The summed E-state index contributed by atoms with van der Waals surface area (Å²) in [5, 5.41) is 5.91. The molecule has 4 fully saturated rings. The van der Waals surface area contributed by atoms with Crippen LogP contribution in [0.5, 0.6) is 0 Å². The lowest BCUT2D eigenvalue weighted by Gasteiger charge is -2.56. The normalized spacial score (nSPS) is 46.6. The molecule has 4 bridgehead atoms. The van der Waals surface area contributed by atoms with Crippen LogP contribution in [0.15, 0.2) is 0 Å². The van der Waals surface area contributed by atoms with Crippen LogP contribution in [0.25, 0.3) is 0 Å². The van der Waals surface area contributed by atoms with Crippen molar-refractivity contribution in [1.29, 1.82) is 0 Å². The molecule has 3 heteroatoms. The first kappa shape index (κ1) is 9.49. The minimum Gasteiger partial charge on any atom is -0.341 e. The van der Waals surface area contributed by atoms with E-state index in [1.807, 2.05) is 0 Å². The summed E-state index contributed by atoms with van der Waals surface area (Å²) >= 11 is 0. The van der Waals surface area contributed by atoms with Crippen LogP contribution in [0.2, 0.25) is 0 Å². The summed E-state index contributed by atoms with van der Waals surface area (Å²) in [6, 6.07) is 0.0111. The lowest BCUT2D eigenvalue weighted by molar-refractivity contribution is -0.0134. The fourth-order valence-corrected chi connectivity index (χ4v) is 4.57. The Morgan fingerprint density at radius 3 is 1.93 bits per heavy atom. The van der Waals surface area contributed by atoms with Gasteiger partial charge in [-0.25, -0.2) is 4.79 Å². The number of urea groups is 1. The molecule has 4 saturated carbocycles. The molecule has 0 heterocycles. The Morgan fingerprint density at radius 1 is 1.07 bits per heavy atom. The number of rotatable bonds is 1. The van der Waals surface area contributed by atoms with Gasteiger partial charge in [-0.1, -0.05) is 0 Å². The van der Waals surface area contributed by atoms with Gasteiger partial charge in [0.05, 0.1) is 0 Å². The van der Waals surface area contributed by atoms with Gasteiger partial charge in [-0.05, 0) is 56.3 Å². The molecule has 4 aliphatic rings. The second kappa shape index (κ2) is 3.13. The summed E-state index contributed by atoms with van der Waals surface area (Å²) in [4.78, 5) is 11.5. The first-order valence-corrected chi connectivity index (χ1v) is 6.19. The molecular weight excluding hydrogens is 188 g/mol. The van der Waals surface area contributed by atoms with Crippen molar-refractivity contribution in [2.24, 2.45) is 17.8 Å². The molecule has 0 aromatic carbocycles. The van der Waals surface area contributed by atoms with E-state index in [0.29, 0.717) is 0 Å². The smallest absolute Gasteiger partial charge is 0.314 e. The molecule has 0 radical (unpaired) electrons. The van der Waals surface area contributed by atoms with Crippen LogP contribution in [0, 0.1) is 17.8 Å². The van der Waals surface area contributed by atoms with Crippen molar-refractivity contribution in [3.63, 3.8) is 0 Å². The summed E-state index contributed by atoms with van der Waals surface area (Å²) in [6.07, 6.45) is 7.96. The second-order valence-corrected chi connectivity index (χ2v) is 5.90. The first-order valence-electron chi connectivity index (χ1n) is 6.19. The fraction of sp³-hybridized carbons (Fsp3) is 0.917. The predicted octanol–water partition coefficient (Wildman–Crippen LogP) is 1.88. The van der Waals surface area contributed by atoms with Gasteiger partial charge in [0.2, 0.25) is 0 Å². The number of hydrogen-bond acceptors (Lipinski definition) is 1. The van der Waals surface area contributed by atoms with E-state index < -0.39 is 0 Å². The van der Waals surface area contributed by atoms with Gasteiger partial charge < -0.3 is 10.6 Å². The first-order chi connectivity index (χ1) is 7.19. The van der Waals surface area contributed by atoms with E-state index in [1.54, 1.807) is 7.05 Å². The monoisotopic (exact) mass is 208 g/mol. The molecule has 0 aromatic heterocycles. The number of hydrogen-bond donors (Lipinski definition) is 2. The van der Waals surface area contributed by atoms with Crippen molar-refractivity contribution in [2.75, 3.05) is 7.05 Å². The summed E-state index contributed by atoms with van der Waals surface area (Å²) < 4.78 is 0. The minimum atomic E-state index is 0.0111. The maximum atomic E-state index is 11.5. The zero-order valence-corrected chi connectivity index (χ0v) is 9.38. The van der Waals surface area contributed by atoms with Crippen LogP contribution in [0.3, 0.4) is 0 Å². The number of amides is 2. The van der Waals surface area contributed by atoms with E-state index in [1.165, 1.54) is 38.5 Å². The molecule has 2 N–H and O–H groups in total. The topological polar surface area (TPSA) is 41.1 Å². The Labute approximate surface area is 91.0 Å². The maximum Gasteiger partial charge on any atom is 0.314 e. The van der Waals surface area contributed by atoms with Crippen molar-refractivity contribution < 1.29 is 4.79 Å². The van der Waals surface area contributed by atoms with E-state index in [4.69, 9.17) is 0 Å². The molecule has 0 aromatic rings. The van der Waals surface area contributed by atoms with Crippen molar-refractivity contribution in [2.45, 2.75) is 44.1 Å². The van der Waals surface area contributed by atoms with Crippen molar-refractivity contribution >= 4 is 6.03 Å². The van der Waals surface area contributed by atoms with Gasteiger partial charge in [0.15, 0.2) is 0 Å². The molecular formula is C12H20N2O. The number of nitrogens with one attached hydrogen (secondary N) is 2. The highest BCUT2D eigenvalue weighted by Crippen LogP contribution is 2.55. The highest BCUT2D eigenvalue weighted by atomic mass is 16.2. The van der Waals surface area contributed by atoms with Crippen LogP contribution < -0.4 is 10.6 Å². The van der Waals surface area contributed by atoms with Crippen molar-refractivity contribution in [1.82, 2.24) is 10.6 Å². The molecule has 0 saturated heterocycles. The van der Waals surface area contributed by atoms with Gasteiger partial charge in [-0.15, -0.1) is 0 Å². The second-order valence-electron chi connectivity index (χ2n) is 5.90. The summed E-state index contributed by atoms with van der Waals surface area (Å²) in [7, 11) is 1.70. The van der Waals surface area contributed by atoms with Crippen molar-refractivity contribution in [3.05, 3.63) is 0 Å². The van der Waals surface area contributed by atoms with E-state index in [0.717, 1.165) is 17.8 Å². The molecule has 0 atom stereocenters. The molecule has 0 unspecified atom stereocenters. The molecule has 15 heavy (non-hydrogen) atoms. The predicted molar refractivity (Wildman–Crippen MR) is 58.5 cm³/mol. The van der Waals surface area contributed by atoms with Crippen LogP contribution in [-0.4, -0.2) is 18.6 Å². The van der Waals surface area contributed by atoms with Gasteiger partial charge >= 0.3 is 6.03 Å². The SMILES string of the molecule is CNC(=O)NC12CC3CC(CC(C3)C1)C2. The van der Waals surface area contributed by atoms with Gasteiger partial charge in [-0.3, -0.25) is 0 Å². The third-order valence-electron chi connectivity index (χ3n) is 4.64. The lowest BCUT2D eigenvalue weighted by atomic mass is 9.53. The van der Waals surface area contributed by atoms with E-state index in [2.05, 4.69) is 10.6 Å².